The molecule has 0 saturated carbocycles. The summed E-state index contributed by atoms with van der Waals surface area (Å²) in [6.45, 7) is 31.9. The highest BCUT2D eigenvalue weighted by Crippen LogP contribution is 2.37. The van der Waals surface area contributed by atoms with Crippen molar-refractivity contribution in [3.8, 4) is 0 Å². The average molecular weight is 473 g/mol. The minimum atomic E-state index is 0.791. The third-order valence-corrected chi connectivity index (χ3v) is 6.77. The van der Waals surface area contributed by atoms with Gasteiger partial charge in [-0.2, -0.15) is 0 Å². The Bertz CT molecular complexity index is 669. The maximum Gasteiger partial charge on any atom is 0.00673 e. The van der Waals surface area contributed by atoms with E-state index in [-0.39, 0.29) is 0 Å². The Morgan fingerprint density at radius 1 is 0.970 bits per heavy atom. The van der Waals surface area contributed by atoms with Gasteiger partial charge < -0.3 is 0 Å². The second-order valence-corrected chi connectivity index (χ2v) is 10.1. The van der Waals surface area contributed by atoms with E-state index in [2.05, 4.69) is 72.8 Å². The molecule has 0 heterocycles. The van der Waals surface area contributed by atoms with Crippen LogP contribution < -0.4 is 0 Å². The Morgan fingerprint density at radius 2 is 1.55 bits per heavy atom. The molecule has 0 nitrogen and oxygen atoms in total. The van der Waals surface area contributed by atoms with Gasteiger partial charge in [-0.05, 0) is 92.1 Å². The van der Waals surface area contributed by atoms with Crippen LogP contribution in [0.2, 0.25) is 0 Å². The molecule has 0 fully saturated rings. The molecule has 0 radical (unpaired) electrons. The van der Waals surface area contributed by atoms with Gasteiger partial charge in [-0.15, -0.1) is 0 Å². The molecule has 0 aromatic rings. The molecule has 1 atom stereocenters. The van der Waals surface area contributed by atoms with Gasteiger partial charge in [-0.3, -0.25) is 0 Å². The van der Waals surface area contributed by atoms with Crippen molar-refractivity contribution in [3.05, 3.63) is 69.6 Å². The third kappa shape index (κ3) is 15.3. The summed E-state index contributed by atoms with van der Waals surface area (Å²) in [6.07, 6.45) is 15.0. The highest BCUT2D eigenvalue weighted by atomic mass is 32.2. The minimum Gasteiger partial charge on any atom is -0.0982 e. The van der Waals surface area contributed by atoms with Crippen LogP contribution in [0.3, 0.4) is 0 Å². The molecular formula is C32H56S. The van der Waals surface area contributed by atoms with Gasteiger partial charge in [0.2, 0.25) is 0 Å². The molecule has 0 saturated heterocycles. The summed E-state index contributed by atoms with van der Waals surface area (Å²) in [6, 6.07) is 0. The lowest BCUT2D eigenvalue weighted by Crippen LogP contribution is -2.11. The van der Waals surface area contributed by atoms with Crippen LogP contribution in [0.25, 0.3) is 0 Å². The Labute approximate surface area is 213 Å². The molecule has 1 aliphatic rings. The van der Waals surface area contributed by atoms with Gasteiger partial charge in [0, 0.05) is 4.91 Å². The molecule has 1 rings (SSSR count). The van der Waals surface area contributed by atoms with Crippen LogP contribution in [-0.2, 0) is 0 Å². The first kappa shape index (κ1) is 34.0. The second-order valence-electron chi connectivity index (χ2n) is 9.17. The summed E-state index contributed by atoms with van der Waals surface area (Å²) in [4.78, 5) is 1.04. The highest BCUT2D eigenvalue weighted by molar-refractivity contribution is 8.06. The standard InChI is InChI=1S/C27H42S.C3H8.C2H6/c1-9-11-13-15-26(23(7)19-28-24(8)20(3)4)18-27-21(5)16-25(14-12-10-2)17-22(27)6;1-3-2;1-2/h18-19,25H,3,5,8-17H2,1-2,4,6-7H3;3H2,1-2H3;1-2H3/b23-19+,26-18+;;. The van der Waals surface area contributed by atoms with E-state index >= 15 is 0 Å². The summed E-state index contributed by atoms with van der Waals surface area (Å²) in [5.74, 6) is 0.791. The zero-order valence-electron chi connectivity index (χ0n) is 23.8. The van der Waals surface area contributed by atoms with Crippen molar-refractivity contribution in [2.45, 2.75) is 127 Å². The Hall–Kier alpha value is -1.21. The van der Waals surface area contributed by atoms with E-state index in [0.717, 1.165) is 29.2 Å². The number of allylic oxidation sites excluding steroid dienone is 7. The molecular weight excluding hydrogens is 416 g/mol. The van der Waals surface area contributed by atoms with Gasteiger partial charge >= 0.3 is 0 Å². The summed E-state index contributed by atoms with van der Waals surface area (Å²) in [7, 11) is 0. The molecule has 1 aliphatic carbocycles. The maximum absolute atomic E-state index is 4.46. The molecule has 0 aliphatic heterocycles. The third-order valence-electron chi connectivity index (χ3n) is 5.67. The summed E-state index contributed by atoms with van der Waals surface area (Å²) in [5, 5.41) is 2.25. The number of hydrogen-bond donors (Lipinski definition) is 0. The van der Waals surface area contributed by atoms with Crippen molar-refractivity contribution in [1.82, 2.24) is 0 Å². The molecule has 0 spiro atoms. The SMILES string of the molecule is C=C(C)C(=C)S/C=C(C)/C(=C/C1=C(C)CC(CCCC)CC1=C)CCCCC.CC.CCC. The van der Waals surface area contributed by atoms with E-state index in [1.54, 1.807) is 11.8 Å². The number of thioether (sulfide) groups is 1. The van der Waals surface area contributed by atoms with E-state index in [9.17, 15) is 0 Å². The van der Waals surface area contributed by atoms with E-state index in [1.165, 1.54) is 79.2 Å². The fraction of sp³-hybridized carbons (Fsp3) is 0.625. The van der Waals surface area contributed by atoms with Gasteiger partial charge in [0.25, 0.3) is 0 Å². The fourth-order valence-corrected chi connectivity index (χ4v) is 4.43. The molecule has 190 valence electrons. The smallest absolute Gasteiger partial charge is 0.00673 e. The predicted molar refractivity (Wildman–Crippen MR) is 159 cm³/mol. The zero-order chi connectivity index (χ0) is 25.8. The molecule has 0 amide bonds. The number of unbranched alkanes of at least 4 members (excludes halogenated alkanes) is 3. The minimum absolute atomic E-state index is 0.791. The van der Waals surface area contributed by atoms with Crippen LogP contribution in [0.5, 0.6) is 0 Å². The molecule has 33 heavy (non-hydrogen) atoms. The number of hydrogen-bond acceptors (Lipinski definition) is 1. The van der Waals surface area contributed by atoms with Crippen LogP contribution >= 0.6 is 11.8 Å². The normalized spacial score (nSPS) is 16.5. The quantitative estimate of drug-likeness (QED) is 0.201. The van der Waals surface area contributed by atoms with Crippen LogP contribution in [0.4, 0.5) is 0 Å². The van der Waals surface area contributed by atoms with Crippen molar-refractivity contribution in [2.75, 3.05) is 0 Å². The monoisotopic (exact) mass is 472 g/mol. The van der Waals surface area contributed by atoms with Gasteiger partial charge in [0.1, 0.15) is 0 Å². The van der Waals surface area contributed by atoms with E-state index in [4.69, 9.17) is 0 Å². The molecule has 1 heteroatoms. The highest BCUT2D eigenvalue weighted by Gasteiger charge is 2.20. The lowest BCUT2D eigenvalue weighted by atomic mass is 9.78. The molecule has 0 bridgehead atoms. The first-order valence-corrected chi connectivity index (χ1v) is 14.4. The van der Waals surface area contributed by atoms with Gasteiger partial charge in [0.05, 0.1) is 0 Å². The predicted octanol–water partition coefficient (Wildman–Crippen LogP) is 12.1. The second kappa shape index (κ2) is 21.3. The van der Waals surface area contributed by atoms with Crippen LogP contribution in [0.15, 0.2) is 69.6 Å². The van der Waals surface area contributed by atoms with Gasteiger partial charge in [0.15, 0.2) is 0 Å². The first-order chi connectivity index (χ1) is 15.7. The van der Waals surface area contributed by atoms with Crippen LogP contribution in [0.1, 0.15) is 127 Å². The van der Waals surface area contributed by atoms with Crippen molar-refractivity contribution in [2.24, 2.45) is 5.92 Å². The van der Waals surface area contributed by atoms with Crippen molar-refractivity contribution in [1.29, 1.82) is 0 Å². The lowest BCUT2D eigenvalue weighted by molar-refractivity contribution is 0.447. The van der Waals surface area contributed by atoms with Gasteiger partial charge in [-0.1, -0.05) is 117 Å². The Balaban J connectivity index is 0. The summed E-state index contributed by atoms with van der Waals surface area (Å²) in [5.41, 5.74) is 8.13. The van der Waals surface area contributed by atoms with E-state index < -0.39 is 0 Å². The van der Waals surface area contributed by atoms with Crippen LogP contribution in [0, 0.1) is 5.92 Å². The largest absolute Gasteiger partial charge is 0.0982 e. The fourth-order valence-electron chi connectivity index (χ4n) is 3.76. The zero-order valence-corrected chi connectivity index (χ0v) is 24.6. The summed E-state index contributed by atoms with van der Waals surface area (Å²) >= 11 is 1.70. The van der Waals surface area contributed by atoms with Crippen LogP contribution in [-0.4, -0.2) is 0 Å². The maximum atomic E-state index is 4.46. The van der Waals surface area contributed by atoms with E-state index in [1.807, 2.05) is 20.8 Å². The Kier molecular flexibility index (Phi) is 22.0. The molecule has 0 aromatic carbocycles. The molecule has 1 unspecified atom stereocenters. The average Bonchev–Trinajstić information content (AvgIpc) is 2.78. The van der Waals surface area contributed by atoms with Crippen molar-refractivity contribution < 1.29 is 0 Å². The van der Waals surface area contributed by atoms with E-state index in [0.29, 0.717) is 0 Å². The Morgan fingerprint density at radius 3 is 2.03 bits per heavy atom. The molecule has 0 aromatic heterocycles. The van der Waals surface area contributed by atoms with Crippen molar-refractivity contribution >= 4 is 11.8 Å². The molecule has 0 N–H and O–H groups in total. The topological polar surface area (TPSA) is 0 Å². The first-order valence-electron chi connectivity index (χ1n) is 13.5. The summed E-state index contributed by atoms with van der Waals surface area (Å²) < 4.78 is 0. The van der Waals surface area contributed by atoms with Gasteiger partial charge in [-0.25, -0.2) is 0 Å². The van der Waals surface area contributed by atoms with Crippen molar-refractivity contribution in [3.63, 3.8) is 0 Å². The lowest BCUT2D eigenvalue weighted by Gasteiger charge is -2.27. The number of rotatable bonds is 12.